The van der Waals surface area contributed by atoms with Crippen LogP contribution in [0.15, 0.2) is 55.1 Å². The summed E-state index contributed by atoms with van der Waals surface area (Å²) < 4.78 is 0. The van der Waals surface area contributed by atoms with Gasteiger partial charge < -0.3 is 5.32 Å². The van der Waals surface area contributed by atoms with Crippen LogP contribution in [0.5, 0.6) is 0 Å². The van der Waals surface area contributed by atoms with Gasteiger partial charge in [0.15, 0.2) is 0 Å². The number of carbonyl (C=O) groups is 1. The highest BCUT2D eigenvalue weighted by molar-refractivity contribution is 6.33. The van der Waals surface area contributed by atoms with E-state index in [1.54, 1.807) is 30.3 Å². The molecule has 1 aromatic carbocycles. The Hall–Kier alpha value is -3.79. The van der Waals surface area contributed by atoms with Crippen LogP contribution in [0.3, 0.4) is 0 Å². The maximum atomic E-state index is 12.2. The van der Waals surface area contributed by atoms with Gasteiger partial charge in [-0.1, -0.05) is 23.7 Å². The lowest BCUT2D eigenvalue weighted by molar-refractivity contribution is -0.383. The molecule has 11 heteroatoms. The van der Waals surface area contributed by atoms with E-state index in [9.17, 15) is 14.9 Å². The summed E-state index contributed by atoms with van der Waals surface area (Å²) in [7, 11) is 0. The van der Waals surface area contributed by atoms with E-state index < -0.39 is 16.5 Å². The van der Waals surface area contributed by atoms with E-state index >= 15 is 0 Å². The normalized spacial score (nSPS) is 10.1. The first-order valence-corrected chi connectivity index (χ1v) is 7.91. The molecule has 10 nitrogen and oxygen atoms in total. The van der Waals surface area contributed by atoms with Gasteiger partial charge >= 0.3 is 5.69 Å². The summed E-state index contributed by atoms with van der Waals surface area (Å²) in [4.78, 5) is 34.6. The van der Waals surface area contributed by atoms with Gasteiger partial charge in [-0.25, -0.2) is 9.97 Å². The van der Waals surface area contributed by atoms with Crippen LogP contribution in [0.2, 0.25) is 5.02 Å². The fraction of sp³-hybridized carbons (Fsp3) is 0. The molecule has 1 amide bonds. The van der Waals surface area contributed by atoms with Crippen molar-refractivity contribution < 1.29 is 9.72 Å². The first-order chi connectivity index (χ1) is 13.1. The van der Waals surface area contributed by atoms with Crippen molar-refractivity contribution >= 4 is 40.5 Å². The summed E-state index contributed by atoms with van der Waals surface area (Å²) in [5.41, 5.74) is 5.10. The van der Waals surface area contributed by atoms with Crippen LogP contribution < -0.4 is 16.2 Å². The van der Waals surface area contributed by atoms with E-state index in [-0.39, 0.29) is 22.2 Å². The molecule has 27 heavy (non-hydrogen) atoms. The summed E-state index contributed by atoms with van der Waals surface area (Å²) in [5, 5.41) is 14.6. The molecule has 136 valence electrons. The molecule has 0 radical (unpaired) electrons. The van der Waals surface area contributed by atoms with Gasteiger partial charge in [0.1, 0.15) is 6.33 Å². The van der Waals surface area contributed by atoms with Crippen molar-refractivity contribution in [1.82, 2.24) is 20.4 Å². The van der Waals surface area contributed by atoms with E-state index in [1.807, 2.05) is 0 Å². The number of aromatic nitrogens is 3. The Morgan fingerprint density at radius 2 is 1.78 bits per heavy atom. The average Bonchev–Trinajstić information content (AvgIpc) is 2.67. The Morgan fingerprint density at radius 1 is 1.07 bits per heavy atom. The lowest BCUT2D eigenvalue weighted by atomic mass is 10.2. The first kappa shape index (κ1) is 18.0. The van der Waals surface area contributed by atoms with Crippen LogP contribution in [-0.4, -0.2) is 25.8 Å². The largest absolute Gasteiger partial charge is 0.355 e. The van der Waals surface area contributed by atoms with E-state index in [1.165, 1.54) is 18.5 Å². The first-order valence-electron chi connectivity index (χ1n) is 7.53. The van der Waals surface area contributed by atoms with Crippen LogP contribution in [0, 0.1) is 10.1 Å². The highest BCUT2D eigenvalue weighted by atomic mass is 35.5. The Labute approximate surface area is 157 Å². The summed E-state index contributed by atoms with van der Waals surface area (Å²) >= 11 is 5.96. The zero-order valence-corrected chi connectivity index (χ0v) is 14.3. The minimum absolute atomic E-state index is 0.0457. The van der Waals surface area contributed by atoms with Crippen molar-refractivity contribution in [3.63, 3.8) is 0 Å². The number of carbonyl (C=O) groups excluding carboxylic acids is 1. The topological polar surface area (TPSA) is 135 Å². The molecule has 0 aliphatic rings. The van der Waals surface area contributed by atoms with Crippen molar-refractivity contribution in [1.29, 1.82) is 0 Å². The van der Waals surface area contributed by atoms with Gasteiger partial charge in [-0.3, -0.25) is 30.7 Å². The Morgan fingerprint density at radius 3 is 2.48 bits per heavy atom. The van der Waals surface area contributed by atoms with Crippen molar-refractivity contribution in [2.45, 2.75) is 0 Å². The van der Waals surface area contributed by atoms with Crippen molar-refractivity contribution in [3.8, 4) is 0 Å². The minimum atomic E-state index is -0.659. The smallest absolute Gasteiger partial charge is 0.334 e. The molecule has 0 bridgehead atoms. The quantitative estimate of drug-likeness (QED) is 0.435. The highest BCUT2D eigenvalue weighted by Crippen LogP contribution is 2.30. The number of nitrogens with one attached hydrogen (secondary N) is 3. The number of amides is 1. The molecule has 3 N–H and O–H groups in total. The van der Waals surface area contributed by atoms with Gasteiger partial charge in [-0.15, -0.1) is 0 Å². The molecule has 0 aliphatic heterocycles. The maximum absolute atomic E-state index is 12.2. The third-order valence-electron chi connectivity index (χ3n) is 3.36. The number of rotatable bonds is 6. The molecule has 3 rings (SSSR count). The molecule has 0 atom stereocenters. The molecule has 2 aromatic heterocycles. The molecule has 2 heterocycles. The fourth-order valence-electron chi connectivity index (χ4n) is 2.14. The van der Waals surface area contributed by atoms with Gasteiger partial charge in [-0.05, 0) is 24.3 Å². The SMILES string of the molecule is O=C(NNc1ncnc(Nc2ccncc2)c1[N+](=O)[O-])c1ccccc1Cl. The predicted molar refractivity (Wildman–Crippen MR) is 98.7 cm³/mol. The number of benzene rings is 1. The number of anilines is 3. The van der Waals surface area contributed by atoms with Crippen LogP contribution in [-0.2, 0) is 0 Å². The average molecular weight is 386 g/mol. The predicted octanol–water partition coefficient (Wildman–Crippen LogP) is 2.93. The van der Waals surface area contributed by atoms with Gasteiger partial charge in [-0.2, -0.15) is 0 Å². The third-order valence-corrected chi connectivity index (χ3v) is 3.69. The molecule has 3 aromatic rings. The van der Waals surface area contributed by atoms with Crippen LogP contribution in [0.25, 0.3) is 0 Å². The molecule has 0 aliphatic carbocycles. The molecule has 0 fully saturated rings. The Kier molecular flexibility index (Phi) is 5.38. The van der Waals surface area contributed by atoms with Gasteiger partial charge in [0.05, 0.1) is 15.5 Å². The lowest BCUT2D eigenvalue weighted by Gasteiger charge is -2.11. The van der Waals surface area contributed by atoms with Crippen LogP contribution in [0.1, 0.15) is 10.4 Å². The number of halogens is 1. The third kappa shape index (κ3) is 4.25. The minimum Gasteiger partial charge on any atom is -0.334 e. The molecular formula is C16H12ClN7O3. The zero-order valence-electron chi connectivity index (χ0n) is 13.6. The number of nitrogens with zero attached hydrogens (tertiary/aromatic N) is 4. The van der Waals surface area contributed by atoms with E-state index in [0.717, 1.165) is 6.33 Å². The summed E-state index contributed by atoms with van der Waals surface area (Å²) in [6.07, 6.45) is 4.18. The molecule has 0 unspecified atom stereocenters. The lowest BCUT2D eigenvalue weighted by Crippen LogP contribution is -2.30. The number of pyridine rings is 1. The maximum Gasteiger partial charge on any atom is 0.355 e. The molecule has 0 saturated heterocycles. The Bertz CT molecular complexity index is 985. The highest BCUT2D eigenvalue weighted by Gasteiger charge is 2.24. The van der Waals surface area contributed by atoms with Crippen molar-refractivity contribution in [3.05, 3.63) is 75.8 Å². The second-order valence-corrected chi connectivity index (χ2v) is 5.50. The van der Waals surface area contributed by atoms with Crippen molar-refractivity contribution in [2.75, 3.05) is 10.7 Å². The van der Waals surface area contributed by atoms with Crippen LogP contribution in [0.4, 0.5) is 23.0 Å². The molecule has 0 saturated carbocycles. The van der Waals surface area contributed by atoms with E-state index in [0.29, 0.717) is 5.69 Å². The number of hydrogen-bond donors (Lipinski definition) is 3. The number of nitro groups is 1. The number of hydrazine groups is 1. The summed E-state index contributed by atoms with van der Waals surface area (Å²) in [6.45, 7) is 0. The van der Waals surface area contributed by atoms with Crippen molar-refractivity contribution in [2.24, 2.45) is 0 Å². The second kappa shape index (κ2) is 8.06. The van der Waals surface area contributed by atoms with Gasteiger partial charge in [0.2, 0.25) is 11.6 Å². The van der Waals surface area contributed by atoms with Gasteiger partial charge in [0, 0.05) is 18.1 Å². The van der Waals surface area contributed by atoms with Gasteiger partial charge in [0.25, 0.3) is 5.91 Å². The number of hydrogen-bond acceptors (Lipinski definition) is 8. The van der Waals surface area contributed by atoms with Crippen LogP contribution >= 0.6 is 11.6 Å². The molecular weight excluding hydrogens is 374 g/mol. The second-order valence-electron chi connectivity index (χ2n) is 5.10. The standard InChI is InChI=1S/C16H12ClN7O3/c17-12-4-2-1-3-11(12)16(25)23-22-15-13(24(26)27)14(19-9-20-15)21-10-5-7-18-8-6-10/h1-9H,(H,23,25)(H2,18,19,20,21,22). The zero-order chi connectivity index (χ0) is 19.2. The monoisotopic (exact) mass is 385 g/mol. The molecule has 0 spiro atoms. The Balaban J connectivity index is 1.83. The summed E-state index contributed by atoms with van der Waals surface area (Å²) in [5.74, 6) is -0.806. The fourth-order valence-corrected chi connectivity index (χ4v) is 2.36. The summed E-state index contributed by atoms with van der Waals surface area (Å²) in [6, 6.07) is 9.64. The van der Waals surface area contributed by atoms with E-state index in [2.05, 4.69) is 31.1 Å². The van der Waals surface area contributed by atoms with E-state index in [4.69, 9.17) is 11.6 Å².